The van der Waals surface area contributed by atoms with Crippen LogP contribution in [0.25, 0.3) is 10.8 Å². The van der Waals surface area contributed by atoms with E-state index in [-0.39, 0.29) is 11.9 Å². The topological polar surface area (TPSA) is 55.8 Å². The predicted molar refractivity (Wildman–Crippen MR) is 102 cm³/mol. The minimum Gasteiger partial charge on any atom is -0.469 e. The molecule has 26 heavy (non-hydrogen) atoms. The van der Waals surface area contributed by atoms with Gasteiger partial charge < -0.3 is 14.4 Å². The van der Waals surface area contributed by atoms with Crippen LogP contribution in [0, 0.1) is 0 Å². The molecule has 0 saturated carbocycles. The average molecular weight is 357 g/mol. The molecule has 0 unspecified atom stereocenters. The van der Waals surface area contributed by atoms with E-state index < -0.39 is 0 Å². The molecule has 0 fully saturated rings. The predicted octanol–water partition coefficient (Wildman–Crippen LogP) is 3.20. The van der Waals surface area contributed by atoms with Gasteiger partial charge in [0.2, 0.25) is 0 Å². The molecule has 0 aliphatic rings. The number of rotatable bonds is 10. The van der Waals surface area contributed by atoms with Gasteiger partial charge in [0.05, 0.1) is 26.6 Å². The largest absolute Gasteiger partial charge is 0.469 e. The summed E-state index contributed by atoms with van der Waals surface area (Å²) in [4.78, 5) is 25.2. The summed E-state index contributed by atoms with van der Waals surface area (Å²) >= 11 is 0. The van der Waals surface area contributed by atoms with Crippen molar-refractivity contribution in [2.75, 3.05) is 33.4 Å². The molecule has 0 heterocycles. The SMILES string of the molecule is CCOC(=O)CCN(CCC(=O)OC)CCc1ccc2ccccc2c1. The molecular weight excluding hydrogens is 330 g/mol. The van der Waals surface area contributed by atoms with E-state index in [0.717, 1.165) is 13.0 Å². The second kappa shape index (κ2) is 10.6. The summed E-state index contributed by atoms with van der Waals surface area (Å²) in [5, 5.41) is 2.44. The van der Waals surface area contributed by atoms with E-state index in [0.29, 0.717) is 32.5 Å². The highest BCUT2D eigenvalue weighted by atomic mass is 16.5. The third-order valence-electron chi connectivity index (χ3n) is 4.33. The normalized spacial score (nSPS) is 10.9. The van der Waals surface area contributed by atoms with Crippen LogP contribution in [0.1, 0.15) is 25.3 Å². The number of hydrogen-bond donors (Lipinski definition) is 0. The molecule has 0 saturated heterocycles. The van der Waals surface area contributed by atoms with Gasteiger partial charge in [-0.25, -0.2) is 0 Å². The Morgan fingerprint density at radius 2 is 1.62 bits per heavy atom. The Hall–Kier alpha value is -2.40. The molecule has 5 nitrogen and oxygen atoms in total. The number of carbonyl (C=O) groups excluding carboxylic acids is 2. The number of methoxy groups -OCH3 is 1. The monoisotopic (exact) mass is 357 g/mol. The first-order valence-corrected chi connectivity index (χ1v) is 9.05. The average Bonchev–Trinajstić information content (AvgIpc) is 2.67. The van der Waals surface area contributed by atoms with Crippen molar-refractivity contribution in [3.63, 3.8) is 0 Å². The van der Waals surface area contributed by atoms with Gasteiger partial charge in [0, 0.05) is 19.6 Å². The standard InChI is InChI=1S/C21H27NO4/c1-3-26-21(24)12-15-22(14-11-20(23)25-2)13-10-17-8-9-18-6-4-5-7-19(18)16-17/h4-9,16H,3,10-15H2,1-2H3. The van der Waals surface area contributed by atoms with Crippen LogP contribution in [0.15, 0.2) is 42.5 Å². The summed E-state index contributed by atoms with van der Waals surface area (Å²) in [5.74, 6) is -0.446. The molecule has 0 aromatic heterocycles. The number of esters is 2. The van der Waals surface area contributed by atoms with E-state index >= 15 is 0 Å². The molecule has 2 aromatic rings. The Bertz CT molecular complexity index is 729. The highest BCUT2D eigenvalue weighted by molar-refractivity contribution is 5.83. The molecule has 0 radical (unpaired) electrons. The molecule has 2 aromatic carbocycles. The minimum absolute atomic E-state index is 0.207. The second-order valence-electron chi connectivity index (χ2n) is 6.15. The number of fused-ring (bicyclic) bond motifs is 1. The summed E-state index contributed by atoms with van der Waals surface area (Å²) in [7, 11) is 1.39. The van der Waals surface area contributed by atoms with Crippen LogP contribution in [0.2, 0.25) is 0 Å². The molecule has 0 amide bonds. The molecular formula is C21H27NO4. The van der Waals surface area contributed by atoms with E-state index in [4.69, 9.17) is 9.47 Å². The van der Waals surface area contributed by atoms with Crippen LogP contribution >= 0.6 is 0 Å². The number of hydrogen-bond acceptors (Lipinski definition) is 5. The van der Waals surface area contributed by atoms with Gasteiger partial charge in [-0.15, -0.1) is 0 Å². The Morgan fingerprint density at radius 1 is 0.923 bits per heavy atom. The van der Waals surface area contributed by atoms with Crippen molar-refractivity contribution in [2.45, 2.75) is 26.2 Å². The molecule has 5 heteroatoms. The lowest BCUT2D eigenvalue weighted by Gasteiger charge is -2.21. The number of carbonyl (C=O) groups is 2. The summed E-state index contributed by atoms with van der Waals surface area (Å²) in [6.45, 7) is 4.10. The first-order chi connectivity index (χ1) is 12.6. The first-order valence-electron chi connectivity index (χ1n) is 9.05. The Kier molecular flexibility index (Phi) is 8.09. The van der Waals surface area contributed by atoms with Crippen LogP contribution in [0.4, 0.5) is 0 Å². The maximum atomic E-state index is 11.6. The molecule has 0 aliphatic heterocycles. The lowest BCUT2D eigenvalue weighted by atomic mass is 10.0. The van der Waals surface area contributed by atoms with Gasteiger partial charge in [-0.1, -0.05) is 42.5 Å². The Labute approximate surface area is 154 Å². The lowest BCUT2D eigenvalue weighted by molar-refractivity contribution is -0.143. The van der Waals surface area contributed by atoms with Gasteiger partial charge in [-0.05, 0) is 29.7 Å². The van der Waals surface area contributed by atoms with Crippen molar-refractivity contribution in [1.82, 2.24) is 4.90 Å². The van der Waals surface area contributed by atoms with E-state index in [1.807, 2.05) is 12.1 Å². The van der Waals surface area contributed by atoms with Gasteiger partial charge in [0.25, 0.3) is 0 Å². The molecule has 0 spiro atoms. The van der Waals surface area contributed by atoms with Crippen LogP contribution in [-0.4, -0.2) is 50.2 Å². The highest BCUT2D eigenvalue weighted by Crippen LogP contribution is 2.16. The van der Waals surface area contributed by atoms with Gasteiger partial charge in [0.1, 0.15) is 0 Å². The minimum atomic E-state index is -0.239. The smallest absolute Gasteiger partial charge is 0.307 e. The molecule has 140 valence electrons. The summed E-state index contributed by atoms with van der Waals surface area (Å²) in [6, 6.07) is 14.7. The molecule has 0 aliphatic carbocycles. The number of nitrogens with zero attached hydrogens (tertiary/aromatic N) is 1. The number of benzene rings is 2. The van der Waals surface area contributed by atoms with Crippen molar-refractivity contribution in [3.8, 4) is 0 Å². The van der Waals surface area contributed by atoms with E-state index in [2.05, 4.69) is 35.2 Å². The zero-order chi connectivity index (χ0) is 18.8. The van der Waals surface area contributed by atoms with E-state index in [1.54, 1.807) is 6.92 Å². The highest BCUT2D eigenvalue weighted by Gasteiger charge is 2.12. The Balaban J connectivity index is 1.94. The van der Waals surface area contributed by atoms with E-state index in [1.165, 1.54) is 23.4 Å². The van der Waals surface area contributed by atoms with Gasteiger partial charge >= 0.3 is 11.9 Å². The molecule has 0 N–H and O–H groups in total. The maximum absolute atomic E-state index is 11.6. The zero-order valence-corrected chi connectivity index (χ0v) is 15.6. The second-order valence-corrected chi connectivity index (χ2v) is 6.15. The fraction of sp³-hybridized carbons (Fsp3) is 0.429. The molecule has 2 rings (SSSR count). The molecule has 0 bridgehead atoms. The summed E-state index contributed by atoms with van der Waals surface area (Å²) in [6.07, 6.45) is 1.50. The summed E-state index contributed by atoms with van der Waals surface area (Å²) < 4.78 is 9.71. The lowest BCUT2D eigenvalue weighted by Crippen LogP contribution is -2.31. The summed E-state index contributed by atoms with van der Waals surface area (Å²) in [5.41, 5.74) is 1.24. The quantitative estimate of drug-likeness (QED) is 0.611. The fourth-order valence-corrected chi connectivity index (χ4v) is 2.85. The number of ether oxygens (including phenoxy) is 2. The van der Waals surface area contributed by atoms with E-state index in [9.17, 15) is 9.59 Å². The third kappa shape index (κ3) is 6.48. The first kappa shape index (κ1) is 19.9. The van der Waals surface area contributed by atoms with Crippen molar-refractivity contribution < 1.29 is 19.1 Å². The van der Waals surface area contributed by atoms with Crippen molar-refractivity contribution in [1.29, 1.82) is 0 Å². The van der Waals surface area contributed by atoms with Crippen molar-refractivity contribution in [3.05, 3.63) is 48.0 Å². The van der Waals surface area contributed by atoms with Crippen molar-refractivity contribution in [2.24, 2.45) is 0 Å². The zero-order valence-electron chi connectivity index (χ0n) is 15.6. The third-order valence-corrected chi connectivity index (χ3v) is 4.33. The maximum Gasteiger partial charge on any atom is 0.307 e. The van der Waals surface area contributed by atoms with Gasteiger partial charge in [-0.3, -0.25) is 9.59 Å². The van der Waals surface area contributed by atoms with Crippen molar-refractivity contribution >= 4 is 22.7 Å². The van der Waals surface area contributed by atoms with Gasteiger partial charge in [-0.2, -0.15) is 0 Å². The fourth-order valence-electron chi connectivity index (χ4n) is 2.85. The van der Waals surface area contributed by atoms with Crippen LogP contribution < -0.4 is 0 Å². The molecule has 0 atom stereocenters. The van der Waals surface area contributed by atoms with Crippen LogP contribution in [0.5, 0.6) is 0 Å². The van der Waals surface area contributed by atoms with Crippen LogP contribution in [0.3, 0.4) is 0 Å². The van der Waals surface area contributed by atoms with Gasteiger partial charge in [0.15, 0.2) is 0 Å². The van der Waals surface area contributed by atoms with Crippen LogP contribution in [-0.2, 0) is 25.5 Å². The Morgan fingerprint density at radius 3 is 2.31 bits per heavy atom.